The Kier molecular flexibility index (Phi) is 11.3. The monoisotopic (exact) mass is 470 g/mol. The molecule has 0 spiro atoms. The summed E-state index contributed by atoms with van der Waals surface area (Å²) < 4.78 is 16.0. The van der Waals surface area contributed by atoms with E-state index in [-0.39, 0.29) is 25.4 Å². The summed E-state index contributed by atoms with van der Waals surface area (Å²) in [6, 6.07) is 8.40. The van der Waals surface area contributed by atoms with E-state index in [9.17, 15) is 14.7 Å². The Morgan fingerprint density at radius 2 is 1.74 bits per heavy atom. The molecule has 2 atom stereocenters. The van der Waals surface area contributed by atoms with Gasteiger partial charge >= 0.3 is 0 Å². The molecule has 0 saturated carbocycles. The van der Waals surface area contributed by atoms with Gasteiger partial charge in [0, 0.05) is 11.1 Å². The fraction of sp³-hybridized carbons (Fsp3) is 0.333. The molecule has 10 heteroatoms. The van der Waals surface area contributed by atoms with Crippen LogP contribution < -0.4 is 10.8 Å². The molecule has 5 N–H and O–H groups in total. The van der Waals surface area contributed by atoms with Crippen molar-refractivity contribution in [1.82, 2.24) is 10.8 Å². The highest BCUT2D eigenvalue weighted by Crippen LogP contribution is 2.08. The standard InChI is InChI=1S/C24H26N2O8/c1-17(28)22(24(30)26-31)25-23(29)19-8-6-18(7-9-19)4-2-3-5-20-10-11-21(34-20)16-33-15-14-32-13-12-27/h6-11,17,22,27-28,31H,12-16H2,1H3,(H,25,29)(H,26,30). The van der Waals surface area contributed by atoms with Gasteiger partial charge in [-0.05, 0) is 61.1 Å². The number of benzene rings is 1. The van der Waals surface area contributed by atoms with Crippen LogP contribution in [0.5, 0.6) is 0 Å². The number of carbonyl (C=O) groups excluding carboxylic acids is 2. The molecule has 0 bridgehead atoms. The van der Waals surface area contributed by atoms with Gasteiger partial charge in [0.05, 0.1) is 32.5 Å². The fourth-order valence-corrected chi connectivity index (χ4v) is 2.58. The summed E-state index contributed by atoms with van der Waals surface area (Å²) >= 11 is 0. The van der Waals surface area contributed by atoms with Crippen LogP contribution >= 0.6 is 0 Å². The maximum atomic E-state index is 12.3. The van der Waals surface area contributed by atoms with Crippen LogP contribution in [-0.4, -0.2) is 65.8 Å². The van der Waals surface area contributed by atoms with E-state index in [4.69, 9.17) is 24.2 Å². The summed E-state index contributed by atoms with van der Waals surface area (Å²) in [6.07, 6.45) is -1.20. The van der Waals surface area contributed by atoms with Gasteiger partial charge in [0.2, 0.25) is 0 Å². The van der Waals surface area contributed by atoms with Crippen molar-refractivity contribution in [2.24, 2.45) is 0 Å². The Bertz CT molecular complexity index is 1050. The second kappa shape index (κ2) is 14.5. The number of ether oxygens (including phenoxy) is 2. The second-order valence-electron chi connectivity index (χ2n) is 6.90. The first-order chi connectivity index (χ1) is 16.4. The average Bonchev–Trinajstić information content (AvgIpc) is 3.29. The summed E-state index contributed by atoms with van der Waals surface area (Å²) in [6.45, 7) is 2.61. The smallest absolute Gasteiger partial charge is 0.268 e. The number of aliphatic hydroxyl groups is 2. The third kappa shape index (κ3) is 9.08. The Morgan fingerprint density at radius 1 is 1.03 bits per heavy atom. The lowest BCUT2D eigenvalue weighted by Crippen LogP contribution is -2.51. The summed E-state index contributed by atoms with van der Waals surface area (Å²) in [5.41, 5.74) is 2.26. The molecule has 180 valence electrons. The van der Waals surface area contributed by atoms with Crippen LogP contribution in [0.25, 0.3) is 0 Å². The topological polar surface area (TPSA) is 150 Å². The molecule has 1 heterocycles. The number of hydrogen-bond donors (Lipinski definition) is 5. The Hall–Kier alpha value is -3.64. The Morgan fingerprint density at radius 3 is 2.41 bits per heavy atom. The first-order valence-corrected chi connectivity index (χ1v) is 10.3. The zero-order chi connectivity index (χ0) is 24.8. The van der Waals surface area contributed by atoms with E-state index in [0.717, 1.165) is 0 Å². The van der Waals surface area contributed by atoms with Gasteiger partial charge in [0.25, 0.3) is 11.8 Å². The van der Waals surface area contributed by atoms with Crippen LogP contribution in [-0.2, 0) is 20.9 Å². The van der Waals surface area contributed by atoms with E-state index in [1.165, 1.54) is 24.5 Å². The maximum absolute atomic E-state index is 12.3. The van der Waals surface area contributed by atoms with Gasteiger partial charge in [-0.3, -0.25) is 14.8 Å². The lowest BCUT2D eigenvalue weighted by molar-refractivity contribution is -0.133. The van der Waals surface area contributed by atoms with Gasteiger partial charge in [0.15, 0.2) is 5.76 Å². The van der Waals surface area contributed by atoms with Crippen molar-refractivity contribution < 1.29 is 38.9 Å². The molecule has 1 aromatic heterocycles. The van der Waals surface area contributed by atoms with Gasteiger partial charge in [-0.15, -0.1) is 0 Å². The molecule has 2 unspecified atom stereocenters. The highest BCUT2D eigenvalue weighted by atomic mass is 16.5. The van der Waals surface area contributed by atoms with Crippen molar-refractivity contribution in [2.45, 2.75) is 25.7 Å². The fourth-order valence-electron chi connectivity index (χ4n) is 2.58. The molecule has 0 aliphatic rings. The minimum atomic E-state index is -1.30. The summed E-state index contributed by atoms with van der Waals surface area (Å²) in [5.74, 6) is 10.5. The van der Waals surface area contributed by atoms with E-state index in [2.05, 4.69) is 29.0 Å². The minimum absolute atomic E-state index is 0.0236. The lowest BCUT2D eigenvalue weighted by Gasteiger charge is -2.19. The largest absolute Gasteiger partial charge is 0.450 e. The molecule has 0 radical (unpaired) electrons. The van der Waals surface area contributed by atoms with E-state index < -0.39 is 24.0 Å². The van der Waals surface area contributed by atoms with Gasteiger partial charge in [-0.25, -0.2) is 5.48 Å². The van der Waals surface area contributed by atoms with Crippen molar-refractivity contribution >= 4 is 11.8 Å². The summed E-state index contributed by atoms with van der Waals surface area (Å²) in [4.78, 5) is 23.8. The highest BCUT2D eigenvalue weighted by molar-refractivity contribution is 5.97. The number of aliphatic hydroxyl groups excluding tert-OH is 2. The number of furan rings is 1. The molecule has 0 saturated heterocycles. The normalized spacial score (nSPS) is 11.9. The lowest BCUT2D eigenvalue weighted by atomic mass is 10.1. The predicted molar refractivity (Wildman–Crippen MR) is 119 cm³/mol. The summed E-state index contributed by atoms with van der Waals surface area (Å²) in [5, 5.41) is 29.3. The van der Waals surface area contributed by atoms with E-state index in [1.54, 1.807) is 24.3 Å². The Labute approximate surface area is 196 Å². The zero-order valence-corrected chi connectivity index (χ0v) is 18.5. The number of hydroxylamine groups is 1. The number of hydrogen-bond acceptors (Lipinski definition) is 8. The van der Waals surface area contributed by atoms with Gasteiger partial charge < -0.3 is 29.4 Å². The van der Waals surface area contributed by atoms with Crippen molar-refractivity contribution in [3.8, 4) is 23.7 Å². The quantitative estimate of drug-likeness (QED) is 0.135. The molecule has 1 aromatic carbocycles. The SMILES string of the molecule is CC(O)C(NC(=O)c1ccc(C#CC#Cc2ccc(COCCOCCO)o2)cc1)C(=O)NO. The van der Waals surface area contributed by atoms with Crippen LogP contribution in [0.1, 0.15) is 34.4 Å². The third-order valence-corrected chi connectivity index (χ3v) is 4.28. The molecule has 2 amide bonds. The maximum Gasteiger partial charge on any atom is 0.268 e. The first kappa shape index (κ1) is 26.6. The molecule has 0 aliphatic heterocycles. The molecular weight excluding hydrogens is 444 g/mol. The average molecular weight is 470 g/mol. The molecule has 0 fully saturated rings. The van der Waals surface area contributed by atoms with Crippen molar-refractivity contribution in [2.75, 3.05) is 26.4 Å². The Balaban J connectivity index is 1.86. The first-order valence-electron chi connectivity index (χ1n) is 10.3. The van der Waals surface area contributed by atoms with E-state index in [0.29, 0.717) is 30.3 Å². The zero-order valence-electron chi connectivity index (χ0n) is 18.5. The van der Waals surface area contributed by atoms with Crippen LogP contribution in [0, 0.1) is 23.7 Å². The van der Waals surface area contributed by atoms with Crippen molar-refractivity contribution in [1.29, 1.82) is 0 Å². The van der Waals surface area contributed by atoms with Crippen LogP contribution in [0.2, 0.25) is 0 Å². The number of carbonyl (C=O) groups is 2. The van der Waals surface area contributed by atoms with Crippen molar-refractivity contribution in [3.05, 3.63) is 59.0 Å². The molecule has 2 rings (SSSR count). The van der Waals surface area contributed by atoms with Crippen LogP contribution in [0.15, 0.2) is 40.8 Å². The molecule has 2 aromatic rings. The molecular formula is C24H26N2O8. The summed E-state index contributed by atoms with van der Waals surface area (Å²) in [7, 11) is 0. The minimum Gasteiger partial charge on any atom is -0.450 e. The third-order valence-electron chi connectivity index (χ3n) is 4.28. The van der Waals surface area contributed by atoms with Gasteiger partial charge in [-0.2, -0.15) is 0 Å². The van der Waals surface area contributed by atoms with Gasteiger partial charge in [-0.1, -0.05) is 5.92 Å². The van der Waals surface area contributed by atoms with E-state index in [1.807, 2.05) is 0 Å². The number of rotatable bonds is 11. The number of nitrogens with one attached hydrogen (secondary N) is 2. The van der Waals surface area contributed by atoms with Crippen LogP contribution in [0.4, 0.5) is 0 Å². The van der Waals surface area contributed by atoms with Crippen molar-refractivity contribution in [3.63, 3.8) is 0 Å². The highest BCUT2D eigenvalue weighted by Gasteiger charge is 2.25. The second-order valence-corrected chi connectivity index (χ2v) is 6.90. The predicted octanol–water partition coefficient (Wildman–Crippen LogP) is 0.193. The van der Waals surface area contributed by atoms with Crippen LogP contribution in [0.3, 0.4) is 0 Å². The van der Waals surface area contributed by atoms with E-state index >= 15 is 0 Å². The molecule has 10 nitrogen and oxygen atoms in total. The number of amides is 2. The molecule has 34 heavy (non-hydrogen) atoms. The molecule has 0 aliphatic carbocycles. The van der Waals surface area contributed by atoms with Gasteiger partial charge in [0.1, 0.15) is 18.4 Å².